The number of hydrogen-bond donors (Lipinski definition) is 0. The molecular weight excluding hydrogens is 182 g/mol. The number of rotatable bonds is 2. The molecule has 0 saturated heterocycles. The highest BCUT2D eigenvalue weighted by Gasteiger charge is 2.04. The number of nitriles is 1. The van der Waals surface area contributed by atoms with Crippen molar-refractivity contribution in [2.75, 3.05) is 0 Å². The summed E-state index contributed by atoms with van der Waals surface area (Å²) in [7, 11) is 0. The first kappa shape index (κ1) is 10.0. The van der Waals surface area contributed by atoms with E-state index in [1.807, 2.05) is 26.8 Å². The van der Waals surface area contributed by atoms with Crippen LogP contribution in [0.4, 0.5) is 0 Å². The maximum atomic E-state index is 8.62. The molecule has 0 fully saturated rings. The molecule has 1 aromatic rings. The number of aryl methyl sites for hydroxylation is 2. The number of thioether (sulfide) groups is 1. The highest BCUT2D eigenvalue weighted by Crippen LogP contribution is 2.20. The van der Waals surface area contributed by atoms with E-state index >= 15 is 0 Å². The molecule has 0 N–H and O–H groups in total. The Bertz CT molecular complexity index is 323. The second-order valence-electron chi connectivity index (χ2n) is 2.78. The Labute approximate surface area is 82.2 Å². The Balaban J connectivity index is 2.84. The molecule has 0 amide bonds. The zero-order chi connectivity index (χ0) is 9.84. The van der Waals surface area contributed by atoms with E-state index in [-0.39, 0.29) is 5.25 Å². The van der Waals surface area contributed by atoms with Crippen LogP contribution in [-0.4, -0.2) is 15.2 Å². The van der Waals surface area contributed by atoms with Crippen LogP contribution < -0.4 is 0 Å². The lowest BCUT2D eigenvalue weighted by Gasteiger charge is -2.03. The third-order valence-corrected chi connectivity index (χ3v) is 2.33. The van der Waals surface area contributed by atoms with Crippen LogP contribution in [-0.2, 0) is 0 Å². The first-order chi connectivity index (χ1) is 6.11. The predicted molar refractivity (Wildman–Crippen MR) is 52.4 cm³/mol. The summed E-state index contributed by atoms with van der Waals surface area (Å²) < 4.78 is 0. The van der Waals surface area contributed by atoms with Crippen LogP contribution in [0.5, 0.6) is 0 Å². The fourth-order valence-corrected chi connectivity index (χ4v) is 1.79. The SMILES string of the molecule is Cc1cc(SC(C)C#N)nc(C)n1. The monoisotopic (exact) mass is 193 g/mol. The Kier molecular flexibility index (Phi) is 3.26. The lowest BCUT2D eigenvalue weighted by Crippen LogP contribution is -1.96. The van der Waals surface area contributed by atoms with Crippen molar-refractivity contribution in [2.24, 2.45) is 0 Å². The van der Waals surface area contributed by atoms with Gasteiger partial charge in [0.05, 0.1) is 11.3 Å². The van der Waals surface area contributed by atoms with Gasteiger partial charge in [0.25, 0.3) is 0 Å². The molecule has 0 spiro atoms. The van der Waals surface area contributed by atoms with Gasteiger partial charge >= 0.3 is 0 Å². The van der Waals surface area contributed by atoms with Crippen molar-refractivity contribution in [2.45, 2.75) is 31.0 Å². The molecule has 0 aromatic carbocycles. The molecule has 0 bridgehead atoms. The van der Waals surface area contributed by atoms with Crippen molar-refractivity contribution in [3.8, 4) is 6.07 Å². The van der Waals surface area contributed by atoms with E-state index in [4.69, 9.17) is 5.26 Å². The fourth-order valence-electron chi connectivity index (χ4n) is 0.951. The third-order valence-electron chi connectivity index (χ3n) is 1.42. The molecular formula is C9H11N3S. The van der Waals surface area contributed by atoms with Crippen LogP contribution in [0.1, 0.15) is 18.4 Å². The molecule has 68 valence electrons. The Hall–Kier alpha value is -1.08. The zero-order valence-corrected chi connectivity index (χ0v) is 8.72. The summed E-state index contributed by atoms with van der Waals surface area (Å²) >= 11 is 1.46. The van der Waals surface area contributed by atoms with Crippen LogP contribution in [0.3, 0.4) is 0 Å². The van der Waals surface area contributed by atoms with E-state index < -0.39 is 0 Å². The summed E-state index contributed by atoms with van der Waals surface area (Å²) in [5.41, 5.74) is 0.945. The van der Waals surface area contributed by atoms with Crippen molar-refractivity contribution in [3.05, 3.63) is 17.6 Å². The standard InChI is InChI=1S/C9H11N3S/c1-6-4-9(12-8(3)11-6)13-7(2)5-10/h4,7H,1-3H3. The van der Waals surface area contributed by atoms with Gasteiger partial charge in [0, 0.05) is 5.69 Å². The summed E-state index contributed by atoms with van der Waals surface area (Å²) in [5, 5.41) is 9.43. The topological polar surface area (TPSA) is 49.6 Å². The molecule has 1 aromatic heterocycles. The Morgan fingerprint density at radius 2 is 2.15 bits per heavy atom. The van der Waals surface area contributed by atoms with Crippen LogP contribution in [0.25, 0.3) is 0 Å². The van der Waals surface area contributed by atoms with Gasteiger partial charge in [-0.1, -0.05) is 11.8 Å². The molecule has 4 heteroatoms. The number of nitrogens with zero attached hydrogens (tertiary/aromatic N) is 3. The van der Waals surface area contributed by atoms with E-state index in [0.717, 1.165) is 16.5 Å². The minimum absolute atomic E-state index is 0.0614. The average Bonchev–Trinajstić information content (AvgIpc) is 2.02. The van der Waals surface area contributed by atoms with Crippen LogP contribution in [0, 0.1) is 25.2 Å². The quantitative estimate of drug-likeness (QED) is 0.533. The van der Waals surface area contributed by atoms with Crippen molar-refractivity contribution in [3.63, 3.8) is 0 Å². The molecule has 0 aliphatic rings. The summed E-state index contributed by atoms with van der Waals surface area (Å²) in [6, 6.07) is 4.05. The van der Waals surface area contributed by atoms with Gasteiger partial charge in [-0.3, -0.25) is 0 Å². The molecule has 1 unspecified atom stereocenters. The van der Waals surface area contributed by atoms with Gasteiger partial charge in [-0.2, -0.15) is 5.26 Å². The van der Waals surface area contributed by atoms with Gasteiger partial charge in [-0.25, -0.2) is 9.97 Å². The van der Waals surface area contributed by atoms with Gasteiger partial charge in [0.1, 0.15) is 10.9 Å². The second-order valence-corrected chi connectivity index (χ2v) is 4.15. The molecule has 0 aliphatic carbocycles. The summed E-state index contributed by atoms with van der Waals surface area (Å²) in [4.78, 5) is 8.38. The lowest BCUT2D eigenvalue weighted by atomic mass is 10.4. The molecule has 1 atom stereocenters. The predicted octanol–water partition coefficient (Wildman–Crippen LogP) is 2.10. The van der Waals surface area contributed by atoms with Crippen molar-refractivity contribution in [1.29, 1.82) is 5.26 Å². The van der Waals surface area contributed by atoms with Gasteiger partial charge in [0.15, 0.2) is 0 Å². The highest BCUT2D eigenvalue weighted by molar-refractivity contribution is 8.00. The van der Waals surface area contributed by atoms with Crippen molar-refractivity contribution in [1.82, 2.24) is 9.97 Å². The van der Waals surface area contributed by atoms with E-state index in [9.17, 15) is 0 Å². The van der Waals surface area contributed by atoms with Crippen LogP contribution >= 0.6 is 11.8 Å². The molecule has 13 heavy (non-hydrogen) atoms. The lowest BCUT2D eigenvalue weighted by molar-refractivity contribution is 0.934. The van der Waals surface area contributed by atoms with E-state index in [1.165, 1.54) is 11.8 Å². The van der Waals surface area contributed by atoms with Gasteiger partial charge in [-0.15, -0.1) is 0 Å². The summed E-state index contributed by atoms with van der Waals surface area (Å²) in [6.07, 6.45) is 0. The van der Waals surface area contributed by atoms with Gasteiger partial charge < -0.3 is 0 Å². The van der Waals surface area contributed by atoms with Crippen LogP contribution in [0.15, 0.2) is 11.1 Å². The highest BCUT2D eigenvalue weighted by atomic mass is 32.2. The van der Waals surface area contributed by atoms with Gasteiger partial charge in [0.2, 0.25) is 0 Å². The number of aromatic nitrogens is 2. The largest absolute Gasteiger partial charge is 0.238 e. The molecule has 0 aliphatic heterocycles. The smallest absolute Gasteiger partial charge is 0.126 e. The average molecular weight is 193 g/mol. The van der Waals surface area contributed by atoms with Crippen molar-refractivity contribution < 1.29 is 0 Å². The maximum Gasteiger partial charge on any atom is 0.126 e. The Morgan fingerprint density at radius 3 is 2.69 bits per heavy atom. The van der Waals surface area contributed by atoms with E-state index in [1.54, 1.807) is 0 Å². The first-order valence-electron chi connectivity index (χ1n) is 4.00. The van der Waals surface area contributed by atoms with Crippen molar-refractivity contribution >= 4 is 11.8 Å². The molecule has 0 radical (unpaired) electrons. The summed E-state index contributed by atoms with van der Waals surface area (Å²) in [6.45, 7) is 5.64. The Morgan fingerprint density at radius 1 is 1.46 bits per heavy atom. The fraction of sp³-hybridized carbons (Fsp3) is 0.444. The summed E-state index contributed by atoms with van der Waals surface area (Å²) in [5.74, 6) is 0.757. The minimum Gasteiger partial charge on any atom is -0.238 e. The maximum absolute atomic E-state index is 8.62. The molecule has 1 rings (SSSR count). The zero-order valence-electron chi connectivity index (χ0n) is 7.90. The van der Waals surface area contributed by atoms with Gasteiger partial charge in [-0.05, 0) is 26.8 Å². The van der Waals surface area contributed by atoms with E-state index in [2.05, 4.69) is 16.0 Å². The first-order valence-corrected chi connectivity index (χ1v) is 4.88. The molecule has 0 saturated carbocycles. The molecule has 1 heterocycles. The van der Waals surface area contributed by atoms with Crippen LogP contribution in [0.2, 0.25) is 0 Å². The second kappa shape index (κ2) is 4.24. The molecule has 3 nitrogen and oxygen atoms in total. The number of hydrogen-bond acceptors (Lipinski definition) is 4. The van der Waals surface area contributed by atoms with E-state index in [0.29, 0.717) is 0 Å². The normalized spacial score (nSPS) is 12.2. The third kappa shape index (κ3) is 3.03. The minimum atomic E-state index is -0.0614.